The molecule has 3 atom stereocenters. The molecule has 0 N–H and O–H groups in total. The number of carbonyl (C=O) groups excluding carboxylic acids is 6. The topological polar surface area (TPSA) is 251 Å². The quantitative estimate of drug-likeness (QED) is 0.00789. The zero-order chi connectivity index (χ0) is 70.3. The summed E-state index contributed by atoms with van der Waals surface area (Å²) >= 11 is 0. The van der Waals surface area contributed by atoms with Gasteiger partial charge in [-0.1, -0.05) is 68.6 Å². The summed E-state index contributed by atoms with van der Waals surface area (Å²) in [6.45, 7) is 33.7. The lowest BCUT2D eigenvalue weighted by Crippen LogP contribution is -2.42. The van der Waals surface area contributed by atoms with Gasteiger partial charge in [-0.15, -0.1) is 0 Å². The molecule has 0 heterocycles. The summed E-state index contributed by atoms with van der Waals surface area (Å²) in [6, 6.07) is 32.6. The molecule has 4 rings (SSSR count). The standard InChI is InChI=1S/C43H56N2O10.C26H26N2O4.C5H8O2/c1-11-42(4,39(48)52-9)26-32(27-43(5,40(49)53-10)29-41(2,3)38(47)51-8)37(46)55-25-15-13-12-14-24-54-34-22-16-30(17-23-34)35(28-44)36(45-6)31-18-20-33(50-7)21-19-31;1-4-25(29)32-18-8-6-5-7-17-31-23-15-9-20(10-16-23)24(19-27)26(28-2)21-11-13-22(30-3)14-12-21;1-4(2)5(6)7-3/h16-23,32H,11-15,24-27,29H2,1-5,7-10H3;4,9-16H,1,5-8,17-18H2,3H3;1H2,2-3H3/b36-35-;26-24-;. The van der Waals surface area contributed by atoms with Crippen LogP contribution in [0.1, 0.15) is 141 Å². The molecule has 0 saturated carbocycles. The molecule has 0 saturated heterocycles. The lowest BCUT2D eigenvalue weighted by molar-refractivity contribution is -0.164. The number of nitrogens with zero attached hydrogens (tertiary/aromatic N) is 4. The van der Waals surface area contributed by atoms with Crippen molar-refractivity contribution >= 4 is 58.4 Å². The van der Waals surface area contributed by atoms with Crippen molar-refractivity contribution in [2.24, 2.45) is 22.2 Å². The number of rotatable bonds is 35. The Morgan fingerprint density at radius 3 is 1.21 bits per heavy atom. The molecule has 94 heavy (non-hydrogen) atoms. The summed E-state index contributed by atoms with van der Waals surface area (Å²) in [5.41, 5.74) is 0.772. The molecule has 0 aliphatic heterocycles. The van der Waals surface area contributed by atoms with Gasteiger partial charge in [-0.2, -0.15) is 10.5 Å². The van der Waals surface area contributed by atoms with E-state index in [1.54, 1.807) is 146 Å². The van der Waals surface area contributed by atoms with Crippen LogP contribution in [0.15, 0.2) is 122 Å². The van der Waals surface area contributed by atoms with Gasteiger partial charge in [0.15, 0.2) is 0 Å². The number of esters is 6. The summed E-state index contributed by atoms with van der Waals surface area (Å²) < 4.78 is 52.1. The minimum Gasteiger partial charge on any atom is -0.497 e. The van der Waals surface area contributed by atoms with Crippen LogP contribution >= 0.6 is 0 Å². The van der Waals surface area contributed by atoms with E-state index in [4.69, 9.17) is 55.8 Å². The number of ether oxygens (including phenoxy) is 10. The molecule has 0 radical (unpaired) electrons. The molecule has 3 unspecified atom stereocenters. The molecule has 0 aliphatic rings. The van der Waals surface area contributed by atoms with Gasteiger partial charge < -0.3 is 47.4 Å². The van der Waals surface area contributed by atoms with Gasteiger partial charge in [-0.25, -0.2) is 19.3 Å². The number of hydrogen-bond acceptors (Lipinski definition) is 18. The smallest absolute Gasteiger partial charge is 0.332 e. The van der Waals surface area contributed by atoms with Gasteiger partial charge in [0.1, 0.15) is 23.0 Å². The van der Waals surface area contributed by atoms with Gasteiger partial charge in [0.2, 0.25) is 11.4 Å². The summed E-state index contributed by atoms with van der Waals surface area (Å²) in [7, 11) is 8.30. The number of nitriles is 2. The van der Waals surface area contributed by atoms with Crippen molar-refractivity contribution in [2.75, 3.05) is 69.1 Å². The second kappa shape index (κ2) is 42.1. The highest BCUT2D eigenvalue weighted by molar-refractivity contribution is 6.01. The molecule has 502 valence electrons. The van der Waals surface area contributed by atoms with E-state index in [9.17, 15) is 39.3 Å². The highest BCUT2D eigenvalue weighted by Crippen LogP contribution is 2.44. The highest BCUT2D eigenvalue weighted by atomic mass is 16.5. The van der Waals surface area contributed by atoms with Crippen molar-refractivity contribution < 1.29 is 76.1 Å². The molecule has 0 aromatic heterocycles. The third-order valence-corrected chi connectivity index (χ3v) is 15.2. The fourth-order valence-corrected chi connectivity index (χ4v) is 9.91. The number of allylic oxidation sites excluding steroid dienone is 2. The van der Waals surface area contributed by atoms with Crippen LogP contribution in [0.2, 0.25) is 0 Å². The number of methoxy groups -OCH3 is 6. The largest absolute Gasteiger partial charge is 0.497 e. The molecule has 20 nitrogen and oxygen atoms in total. The molecule has 0 amide bonds. The maximum atomic E-state index is 13.6. The van der Waals surface area contributed by atoms with Crippen molar-refractivity contribution in [2.45, 2.75) is 119 Å². The molecular weight excluding hydrogens is 1200 g/mol. The number of benzene rings is 4. The first kappa shape index (κ1) is 79.9. The van der Waals surface area contributed by atoms with E-state index in [-0.39, 0.29) is 43.1 Å². The number of unbranched alkanes of at least 4 members (excludes halogenated alkanes) is 6. The zero-order valence-electron chi connectivity index (χ0n) is 56.4. The first-order valence-electron chi connectivity index (χ1n) is 30.6. The maximum Gasteiger partial charge on any atom is 0.332 e. The van der Waals surface area contributed by atoms with E-state index in [1.165, 1.54) is 28.4 Å². The highest BCUT2D eigenvalue weighted by Gasteiger charge is 2.48. The van der Waals surface area contributed by atoms with Crippen molar-refractivity contribution in [1.29, 1.82) is 10.5 Å². The second-order valence-electron chi connectivity index (χ2n) is 22.9. The minimum atomic E-state index is -1.27. The Labute approximate surface area is 554 Å². The van der Waals surface area contributed by atoms with Crippen LogP contribution in [0.4, 0.5) is 0 Å². The summed E-state index contributed by atoms with van der Waals surface area (Å²) in [6.07, 6.45) is 8.23. The Bertz CT molecular complexity index is 3380. The lowest BCUT2D eigenvalue weighted by Gasteiger charge is -2.37. The minimum absolute atomic E-state index is 0.0126. The van der Waals surface area contributed by atoms with Gasteiger partial charge in [-0.3, -0.25) is 19.2 Å². The van der Waals surface area contributed by atoms with Gasteiger partial charge >= 0.3 is 35.8 Å². The third-order valence-electron chi connectivity index (χ3n) is 15.2. The second-order valence-corrected chi connectivity index (χ2v) is 22.9. The average Bonchev–Trinajstić information content (AvgIpc) is 0.933. The molecule has 0 fully saturated rings. The van der Waals surface area contributed by atoms with Crippen LogP contribution in [0.25, 0.3) is 32.2 Å². The van der Waals surface area contributed by atoms with E-state index < -0.39 is 52.0 Å². The third kappa shape index (κ3) is 26.2. The SMILES string of the molecule is C=C(C)C(=O)OC.[C-]#[N+]/C(=C(/C#N)c1ccc(OCCCCCCOC(=O)C(CC(C)(CC)C(=O)OC)CC(C)(CC(C)(C)C(=O)OC)C(=O)OC)cc1)c1ccc(OC)cc1.[C-]#[N+]/C(=C(/C#N)c1ccc(OCCCCCCOC(=O)C=C)cc1)c1ccc(OC)cc1. The summed E-state index contributed by atoms with van der Waals surface area (Å²) in [5, 5.41) is 19.5. The van der Waals surface area contributed by atoms with Crippen LogP contribution in [0.3, 0.4) is 0 Å². The van der Waals surface area contributed by atoms with Crippen LogP contribution in [-0.4, -0.2) is 105 Å². The fourth-order valence-electron chi connectivity index (χ4n) is 9.91. The van der Waals surface area contributed by atoms with Crippen molar-refractivity contribution in [3.8, 4) is 35.1 Å². The molecular formula is C74H90N4O16. The van der Waals surface area contributed by atoms with Crippen molar-refractivity contribution in [3.05, 3.63) is 167 Å². The first-order valence-corrected chi connectivity index (χ1v) is 30.6. The first-order chi connectivity index (χ1) is 44.9. The van der Waals surface area contributed by atoms with E-state index in [1.807, 2.05) is 6.92 Å². The Hall–Kier alpha value is -10.2. The normalized spacial score (nSPS) is 12.6. The zero-order valence-corrected chi connectivity index (χ0v) is 56.4. The molecule has 20 heteroatoms. The van der Waals surface area contributed by atoms with Crippen LogP contribution in [0, 0.1) is 58.0 Å². The van der Waals surface area contributed by atoms with Gasteiger partial charge in [-0.05, 0) is 182 Å². The Morgan fingerprint density at radius 2 is 0.883 bits per heavy atom. The lowest BCUT2D eigenvalue weighted by atomic mass is 9.67. The van der Waals surface area contributed by atoms with Crippen LogP contribution < -0.4 is 18.9 Å². The van der Waals surface area contributed by atoms with Crippen LogP contribution in [0.5, 0.6) is 23.0 Å². The fraction of sp³-hybridized carbons (Fsp3) is 0.432. The average molecular weight is 1290 g/mol. The predicted octanol–water partition coefficient (Wildman–Crippen LogP) is 14.7. The number of carbonyl (C=O) groups is 6. The Balaban J connectivity index is 0.000000645. The van der Waals surface area contributed by atoms with Crippen LogP contribution in [-0.2, 0) is 57.2 Å². The maximum absolute atomic E-state index is 13.6. The van der Waals surface area contributed by atoms with E-state index in [0.717, 1.165) is 51.0 Å². The van der Waals surface area contributed by atoms with Crippen molar-refractivity contribution in [1.82, 2.24) is 0 Å². The monoisotopic (exact) mass is 1290 g/mol. The summed E-state index contributed by atoms with van der Waals surface area (Å²) in [5.74, 6) is -1.01. The molecule has 4 aromatic carbocycles. The van der Waals surface area contributed by atoms with Gasteiger partial charge in [0.05, 0.1) is 128 Å². The van der Waals surface area contributed by atoms with E-state index in [2.05, 4.69) is 39.7 Å². The Morgan fingerprint density at radius 1 is 0.521 bits per heavy atom. The van der Waals surface area contributed by atoms with E-state index in [0.29, 0.717) is 94.8 Å². The molecule has 0 aliphatic carbocycles. The molecule has 4 aromatic rings. The predicted molar refractivity (Wildman–Crippen MR) is 357 cm³/mol. The van der Waals surface area contributed by atoms with Gasteiger partial charge in [0, 0.05) is 11.6 Å². The number of hydrogen-bond donors (Lipinski definition) is 0. The summed E-state index contributed by atoms with van der Waals surface area (Å²) in [4.78, 5) is 80.5. The molecule has 0 bridgehead atoms. The van der Waals surface area contributed by atoms with E-state index >= 15 is 0 Å². The Kier molecular flexibility index (Phi) is 35.8. The molecule has 0 spiro atoms. The van der Waals surface area contributed by atoms with Gasteiger partial charge in [0.25, 0.3) is 0 Å². The van der Waals surface area contributed by atoms with Crippen molar-refractivity contribution in [3.63, 3.8) is 0 Å².